The van der Waals surface area contributed by atoms with Crippen LogP contribution in [0.4, 0.5) is 0 Å². The maximum atomic E-state index is 12.2. The predicted octanol–water partition coefficient (Wildman–Crippen LogP) is 1.45. The highest BCUT2D eigenvalue weighted by Crippen LogP contribution is 2.24. The second-order valence-corrected chi connectivity index (χ2v) is 7.92. The van der Waals surface area contributed by atoms with Crippen LogP contribution in [0.25, 0.3) is 11.0 Å². The van der Waals surface area contributed by atoms with Crippen LogP contribution in [-0.2, 0) is 12.0 Å². The van der Waals surface area contributed by atoms with Crippen molar-refractivity contribution in [2.24, 2.45) is 16.5 Å². The van der Waals surface area contributed by atoms with Crippen LogP contribution in [0.1, 0.15) is 52.1 Å². The lowest BCUT2D eigenvalue weighted by Gasteiger charge is -2.15. The number of rotatable bonds is 10. The minimum Gasteiger partial charge on any atom is -0.370 e. The van der Waals surface area contributed by atoms with Crippen LogP contribution in [0.3, 0.4) is 0 Å². The first-order chi connectivity index (χ1) is 12.8. The van der Waals surface area contributed by atoms with Gasteiger partial charge in [-0.2, -0.15) is 4.98 Å². The van der Waals surface area contributed by atoms with E-state index < -0.39 is 0 Å². The lowest BCUT2D eigenvalue weighted by atomic mass is 9.92. The van der Waals surface area contributed by atoms with Crippen molar-refractivity contribution in [2.75, 3.05) is 19.6 Å². The molecule has 0 aliphatic rings. The maximum Gasteiger partial charge on any atom is 0.349 e. The van der Waals surface area contributed by atoms with Crippen LogP contribution in [0.2, 0.25) is 0 Å². The fraction of sp³-hybridized carbons (Fsp3) is 0.632. The molecule has 8 nitrogen and oxygen atoms in total. The quantitative estimate of drug-likeness (QED) is 0.284. The van der Waals surface area contributed by atoms with Crippen molar-refractivity contribution in [3.05, 3.63) is 28.4 Å². The summed E-state index contributed by atoms with van der Waals surface area (Å²) in [6.45, 7) is 9.63. The van der Waals surface area contributed by atoms with Crippen LogP contribution in [0, 0.1) is 0 Å². The largest absolute Gasteiger partial charge is 0.370 e. The van der Waals surface area contributed by atoms with Gasteiger partial charge < -0.3 is 21.8 Å². The lowest BCUT2D eigenvalue weighted by molar-refractivity contribution is 0.544. The highest BCUT2D eigenvalue weighted by Gasteiger charge is 2.17. The maximum absolute atomic E-state index is 12.2. The molecule has 2 rings (SSSR count). The van der Waals surface area contributed by atoms with Gasteiger partial charge in [-0.25, -0.2) is 4.79 Å². The molecule has 0 saturated heterocycles. The first kappa shape index (κ1) is 21.0. The summed E-state index contributed by atoms with van der Waals surface area (Å²) in [5.41, 5.74) is 12.1. The Morgan fingerprint density at radius 2 is 1.96 bits per heavy atom. The van der Waals surface area contributed by atoms with Gasteiger partial charge in [0, 0.05) is 35.8 Å². The van der Waals surface area contributed by atoms with Crippen molar-refractivity contribution in [2.45, 2.75) is 58.4 Å². The number of unbranched alkanes of at least 4 members (excludes halogenated alkanes) is 2. The molecule has 8 heteroatoms. The summed E-state index contributed by atoms with van der Waals surface area (Å²) >= 11 is 0. The van der Waals surface area contributed by atoms with E-state index in [1.165, 1.54) is 0 Å². The average molecular weight is 376 g/mol. The summed E-state index contributed by atoms with van der Waals surface area (Å²) in [5.74, 6) is 0.146. The molecule has 0 saturated carbocycles. The number of nitrogens with one attached hydrogen (secondary N) is 2. The van der Waals surface area contributed by atoms with Crippen LogP contribution < -0.4 is 22.5 Å². The van der Waals surface area contributed by atoms with E-state index in [-0.39, 0.29) is 17.1 Å². The summed E-state index contributed by atoms with van der Waals surface area (Å²) in [6.07, 6.45) is 5.93. The number of hydrogen-bond donors (Lipinski definition) is 4. The Kier molecular flexibility index (Phi) is 7.41. The molecule has 0 amide bonds. The topological polar surface area (TPSA) is 127 Å². The van der Waals surface area contributed by atoms with Gasteiger partial charge in [0.2, 0.25) is 0 Å². The number of aryl methyl sites for hydroxylation is 1. The van der Waals surface area contributed by atoms with E-state index in [1.54, 1.807) is 4.57 Å². The third kappa shape index (κ3) is 6.71. The standard InChI is InChI=1S/C19H33N7O/c1-19(2,3)15-12-14-13-26(18(27)25-16(14)24-15)11-6-4-5-8-22-9-7-10-23-17(20)21/h12-13,22H,4-11H2,1-3H3,(H4,20,21,23)(H,24,25,27). The summed E-state index contributed by atoms with van der Waals surface area (Å²) in [4.78, 5) is 23.6. The summed E-state index contributed by atoms with van der Waals surface area (Å²) in [6, 6.07) is 2.09. The summed E-state index contributed by atoms with van der Waals surface area (Å²) in [7, 11) is 0. The molecule has 0 aliphatic heterocycles. The molecule has 27 heavy (non-hydrogen) atoms. The Labute approximate surface area is 160 Å². The van der Waals surface area contributed by atoms with Crippen molar-refractivity contribution in [3.8, 4) is 0 Å². The number of H-pyrrole nitrogens is 1. The molecular formula is C19H33N7O. The van der Waals surface area contributed by atoms with E-state index in [0.29, 0.717) is 18.7 Å². The smallest absolute Gasteiger partial charge is 0.349 e. The van der Waals surface area contributed by atoms with E-state index in [2.05, 4.69) is 47.1 Å². The molecular weight excluding hydrogens is 342 g/mol. The van der Waals surface area contributed by atoms with Gasteiger partial charge in [0.25, 0.3) is 0 Å². The minimum absolute atomic E-state index is 0.00481. The number of fused-ring (bicyclic) bond motifs is 1. The first-order valence-corrected chi connectivity index (χ1v) is 9.64. The van der Waals surface area contributed by atoms with Gasteiger partial charge in [-0.3, -0.25) is 9.56 Å². The van der Waals surface area contributed by atoms with E-state index >= 15 is 0 Å². The van der Waals surface area contributed by atoms with Crippen LogP contribution >= 0.6 is 0 Å². The molecule has 2 aromatic rings. The Hall–Kier alpha value is -2.35. The minimum atomic E-state index is -0.192. The molecule has 0 atom stereocenters. The highest BCUT2D eigenvalue weighted by molar-refractivity contribution is 5.76. The molecule has 0 aromatic carbocycles. The zero-order valence-corrected chi connectivity index (χ0v) is 16.7. The first-order valence-electron chi connectivity index (χ1n) is 9.64. The third-order valence-electron chi connectivity index (χ3n) is 4.44. The van der Waals surface area contributed by atoms with Crippen molar-refractivity contribution >= 4 is 17.0 Å². The molecule has 0 bridgehead atoms. The predicted molar refractivity (Wildman–Crippen MR) is 111 cm³/mol. The fourth-order valence-electron chi connectivity index (χ4n) is 2.84. The second kappa shape index (κ2) is 9.55. The summed E-state index contributed by atoms with van der Waals surface area (Å²) < 4.78 is 1.71. The van der Waals surface area contributed by atoms with E-state index in [9.17, 15) is 4.79 Å². The lowest BCUT2D eigenvalue weighted by Crippen LogP contribution is -2.24. The third-order valence-corrected chi connectivity index (χ3v) is 4.44. The molecule has 0 spiro atoms. The molecule has 0 radical (unpaired) electrons. The Morgan fingerprint density at radius 1 is 1.22 bits per heavy atom. The Balaban J connectivity index is 1.73. The molecule has 0 aliphatic carbocycles. The van der Waals surface area contributed by atoms with Gasteiger partial charge in [-0.15, -0.1) is 0 Å². The molecule has 6 N–H and O–H groups in total. The van der Waals surface area contributed by atoms with Gasteiger partial charge in [-0.05, 0) is 38.4 Å². The van der Waals surface area contributed by atoms with Crippen LogP contribution in [0.15, 0.2) is 22.1 Å². The second-order valence-electron chi connectivity index (χ2n) is 7.92. The highest BCUT2D eigenvalue weighted by atomic mass is 16.1. The number of nitrogens with zero attached hydrogens (tertiary/aromatic N) is 3. The number of aliphatic imine (C=N–C) groups is 1. The molecule has 2 heterocycles. The number of guanidine groups is 1. The van der Waals surface area contributed by atoms with Gasteiger partial charge >= 0.3 is 5.69 Å². The van der Waals surface area contributed by atoms with Crippen molar-refractivity contribution in [1.29, 1.82) is 0 Å². The van der Waals surface area contributed by atoms with E-state index in [0.717, 1.165) is 49.9 Å². The van der Waals surface area contributed by atoms with Gasteiger partial charge in [0.1, 0.15) is 5.65 Å². The zero-order chi connectivity index (χ0) is 19.9. The molecule has 0 unspecified atom stereocenters. The SMILES string of the molecule is CC(C)(C)c1cc2cn(CCCCCNCCCN=C(N)N)c(=O)nc2[nH]1. The number of aromatic amines is 1. The average Bonchev–Trinajstić information content (AvgIpc) is 2.99. The van der Waals surface area contributed by atoms with Crippen molar-refractivity contribution in [3.63, 3.8) is 0 Å². The molecule has 0 fully saturated rings. The van der Waals surface area contributed by atoms with Crippen molar-refractivity contribution in [1.82, 2.24) is 19.9 Å². The zero-order valence-electron chi connectivity index (χ0n) is 16.7. The van der Waals surface area contributed by atoms with Gasteiger partial charge in [-0.1, -0.05) is 27.2 Å². The van der Waals surface area contributed by atoms with Crippen LogP contribution in [-0.4, -0.2) is 40.1 Å². The van der Waals surface area contributed by atoms with E-state index in [1.807, 2.05) is 6.20 Å². The molecule has 150 valence electrons. The van der Waals surface area contributed by atoms with Crippen molar-refractivity contribution < 1.29 is 0 Å². The number of aromatic nitrogens is 3. The Morgan fingerprint density at radius 3 is 2.67 bits per heavy atom. The van der Waals surface area contributed by atoms with E-state index in [4.69, 9.17) is 11.5 Å². The molecule has 2 aromatic heterocycles. The number of hydrogen-bond acceptors (Lipinski definition) is 4. The normalized spacial score (nSPS) is 11.8. The van der Waals surface area contributed by atoms with Gasteiger partial charge in [0.15, 0.2) is 5.96 Å². The monoisotopic (exact) mass is 375 g/mol. The van der Waals surface area contributed by atoms with Crippen LogP contribution in [0.5, 0.6) is 0 Å². The summed E-state index contributed by atoms with van der Waals surface area (Å²) in [5, 5.41) is 4.36. The number of nitrogens with two attached hydrogens (primary N) is 2. The fourth-order valence-corrected chi connectivity index (χ4v) is 2.84. The van der Waals surface area contributed by atoms with Gasteiger partial charge in [0.05, 0.1) is 0 Å². The Bertz CT molecular complexity index is 810.